The molecule has 0 amide bonds. The van der Waals surface area contributed by atoms with E-state index in [9.17, 15) is 0 Å². The molecule has 98 valence electrons. The van der Waals surface area contributed by atoms with Crippen molar-refractivity contribution in [2.45, 2.75) is 0 Å². The van der Waals surface area contributed by atoms with Gasteiger partial charge in [0.15, 0.2) is 5.82 Å². The van der Waals surface area contributed by atoms with E-state index < -0.39 is 0 Å². The Bertz CT molecular complexity index is 522. The summed E-state index contributed by atoms with van der Waals surface area (Å²) in [5.41, 5.74) is 0. The molecule has 0 aliphatic carbocycles. The number of piperazine rings is 1. The zero-order valence-electron chi connectivity index (χ0n) is 10.4. The lowest BCUT2D eigenvalue weighted by atomic mass is 10.3. The Morgan fingerprint density at radius 1 is 0.947 bits per heavy atom. The summed E-state index contributed by atoms with van der Waals surface area (Å²) in [4.78, 5) is 8.98. The highest BCUT2D eigenvalue weighted by Gasteiger charge is 2.18. The van der Waals surface area contributed by atoms with Crippen LogP contribution in [0.2, 0.25) is 0 Å². The highest BCUT2D eigenvalue weighted by atomic mass is 79.9. The first-order valence-corrected chi connectivity index (χ1v) is 7.01. The fraction of sp³-hybridized carbons (Fsp3) is 0.308. The van der Waals surface area contributed by atoms with Gasteiger partial charge in [0.05, 0.1) is 0 Å². The van der Waals surface area contributed by atoms with E-state index in [0.717, 1.165) is 42.3 Å². The zero-order valence-corrected chi connectivity index (χ0v) is 12.0. The molecule has 0 radical (unpaired) electrons. The Kier molecular flexibility index (Phi) is 3.59. The average Bonchev–Trinajstić information content (AvgIpc) is 2.49. The zero-order chi connectivity index (χ0) is 13.1. The molecule has 0 unspecified atom stereocenters. The van der Waals surface area contributed by atoms with E-state index in [-0.39, 0.29) is 0 Å². The third kappa shape index (κ3) is 2.84. The van der Waals surface area contributed by atoms with Crippen LogP contribution in [0.1, 0.15) is 0 Å². The highest BCUT2D eigenvalue weighted by Crippen LogP contribution is 2.18. The number of nitrogens with zero attached hydrogens (tertiary/aromatic N) is 5. The predicted octanol–water partition coefficient (Wildman–Crippen LogP) is 1.96. The van der Waals surface area contributed by atoms with Gasteiger partial charge in [0, 0.05) is 43.0 Å². The highest BCUT2D eigenvalue weighted by molar-refractivity contribution is 9.10. The van der Waals surface area contributed by atoms with Crippen LogP contribution in [-0.2, 0) is 0 Å². The first-order chi connectivity index (χ1) is 9.33. The van der Waals surface area contributed by atoms with Gasteiger partial charge in [-0.3, -0.25) is 0 Å². The van der Waals surface area contributed by atoms with Gasteiger partial charge >= 0.3 is 0 Å². The number of pyridine rings is 1. The Morgan fingerprint density at radius 2 is 1.68 bits per heavy atom. The van der Waals surface area contributed by atoms with Gasteiger partial charge in [-0.1, -0.05) is 0 Å². The average molecular weight is 320 g/mol. The largest absolute Gasteiger partial charge is 0.353 e. The monoisotopic (exact) mass is 319 g/mol. The molecular formula is C13H14BrN5. The normalized spacial score (nSPS) is 15.6. The van der Waals surface area contributed by atoms with Gasteiger partial charge in [-0.15, -0.1) is 5.10 Å². The third-order valence-corrected chi connectivity index (χ3v) is 3.67. The molecule has 19 heavy (non-hydrogen) atoms. The van der Waals surface area contributed by atoms with Crippen LogP contribution in [0.4, 0.5) is 11.6 Å². The minimum absolute atomic E-state index is 0.941. The summed E-state index contributed by atoms with van der Waals surface area (Å²) >= 11 is 3.41. The molecule has 0 spiro atoms. The molecule has 0 atom stereocenters. The molecule has 1 aliphatic heterocycles. The summed E-state index contributed by atoms with van der Waals surface area (Å²) in [6, 6.07) is 7.99. The Labute approximate surface area is 120 Å². The summed E-state index contributed by atoms with van der Waals surface area (Å²) in [6.07, 6.45) is 3.54. The van der Waals surface area contributed by atoms with Crippen LogP contribution in [0.5, 0.6) is 0 Å². The van der Waals surface area contributed by atoms with Crippen LogP contribution in [-0.4, -0.2) is 41.4 Å². The summed E-state index contributed by atoms with van der Waals surface area (Å²) in [5, 5.41) is 8.07. The van der Waals surface area contributed by atoms with E-state index in [1.807, 2.05) is 30.5 Å². The van der Waals surface area contributed by atoms with Crippen molar-refractivity contribution < 1.29 is 0 Å². The lowest BCUT2D eigenvalue weighted by Gasteiger charge is -2.35. The summed E-state index contributed by atoms with van der Waals surface area (Å²) < 4.78 is 1.01. The van der Waals surface area contributed by atoms with E-state index in [1.165, 1.54) is 0 Å². The molecule has 6 heteroatoms. The predicted molar refractivity (Wildman–Crippen MR) is 78.4 cm³/mol. The fourth-order valence-corrected chi connectivity index (χ4v) is 2.42. The lowest BCUT2D eigenvalue weighted by Crippen LogP contribution is -2.47. The summed E-state index contributed by atoms with van der Waals surface area (Å²) in [5.74, 6) is 1.98. The maximum Gasteiger partial charge on any atom is 0.151 e. The second-order valence-electron chi connectivity index (χ2n) is 4.39. The quantitative estimate of drug-likeness (QED) is 0.846. The maximum atomic E-state index is 4.43. The number of rotatable bonds is 2. The van der Waals surface area contributed by atoms with E-state index in [1.54, 1.807) is 6.20 Å². The standard InChI is InChI=1S/C13H14BrN5/c14-11-3-4-12(15-10-11)18-6-8-19(9-7-18)13-2-1-5-16-17-13/h1-5,10H,6-9H2. The number of halogens is 1. The smallest absolute Gasteiger partial charge is 0.151 e. The number of hydrogen-bond donors (Lipinski definition) is 0. The molecule has 3 rings (SSSR count). The van der Waals surface area contributed by atoms with Crippen molar-refractivity contribution in [3.05, 3.63) is 41.1 Å². The van der Waals surface area contributed by atoms with E-state index in [4.69, 9.17) is 0 Å². The fourth-order valence-electron chi connectivity index (χ4n) is 2.18. The molecule has 1 saturated heterocycles. The minimum atomic E-state index is 0.941. The van der Waals surface area contributed by atoms with Crippen molar-refractivity contribution in [2.24, 2.45) is 0 Å². The molecule has 2 aromatic rings. The Morgan fingerprint density at radius 3 is 2.26 bits per heavy atom. The number of aromatic nitrogens is 3. The topological polar surface area (TPSA) is 45.2 Å². The van der Waals surface area contributed by atoms with Gasteiger partial charge in [-0.05, 0) is 40.2 Å². The van der Waals surface area contributed by atoms with Crippen molar-refractivity contribution in [3.8, 4) is 0 Å². The van der Waals surface area contributed by atoms with Gasteiger partial charge in [-0.25, -0.2) is 4.98 Å². The van der Waals surface area contributed by atoms with Gasteiger partial charge in [-0.2, -0.15) is 5.10 Å². The van der Waals surface area contributed by atoms with Crippen molar-refractivity contribution in [1.29, 1.82) is 0 Å². The van der Waals surface area contributed by atoms with E-state index in [0.29, 0.717) is 0 Å². The first-order valence-electron chi connectivity index (χ1n) is 6.22. The number of hydrogen-bond acceptors (Lipinski definition) is 5. The lowest BCUT2D eigenvalue weighted by molar-refractivity contribution is 0.638. The minimum Gasteiger partial charge on any atom is -0.353 e. The maximum absolute atomic E-state index is 4.43. The van der Waals surface area contributed by atoms with Gasteiger partial charge in [0.25, 0.3) is 0 Å². The molecule has 0 aromatic carbocycles. The van der Waals surface area contributed by atoms with Crippen molar-refractivity contribution in [2.75, 3.05) is 36.0 Å². The van der Waals surface area contributed by atoms with Crippen LogP contribution in [0.15, 0.2) is 41.1 Å². The number of anilines is 2. The second-order valence-corrected chi connectivity index (χ2v) is 5.31. The van der Waals surface area contributed by atoms with E-state index >= 15 is 0 Å². The van der Waals surface area contributed by atoms with Crippen LogP contribution < -0.4 is 9.80 Å². The summed E-state index contributed by atoms with van der Waals surface area (Å²) in [6.45, 7) is 3.78. The Hall–Kier alpha value is -1.69. The molecule has 0 saturated carbocycles. The second kappa shape index (κ2) is 5.52. The molecule has 0 bridgehead atoms. The third-order valence-electron chi connectivity index (χ3n) is 3.20. The molecule has 0 N–H and O–H groups in total. The SMILES string of the molecule is Brc1ccc(N2CCN(c3cccnn3)CC2)nc1. The van der Waals surface area contributed by atoms with Gasteiger partial charge in [0.2, 0.25) is 0 Å². The van der Waals surface area contributed by atoms with E-state index in [2.05, 4.69) is 40.9 Å². The summed E-state index contributed by atoms with van der Waals surface area (Å²) in [7, 11) is 0. The Balaban J connectivity index is 1.65. The van der Waals surface area contributed by atoms with Crippen LogP contribution in [0.25, 0.3) is 0 Å². The van der Waals surface area contributed by atoms with Gasteiger partial charge < -0.3 is 9.80 Å². The van der Waals surface area contributed by atoms with Crippen LogP contribution >= 0.6 is 15.9 Å². The van der Waals surface area contributed by atoms with Crippen LogP contribution in [0.3, 0.4) is 0 Å². The van der Waals surface area contributed by atoms with Crippen molar-refractivity contribution >= 4 is 27.6 Å². The first kappa shape index (κ1) is 12.3. The molecule has 1 aliphatic rings. The van der Waals surface area contributed by atoms with Crippen molar-refractivity contribution in [3.63, 3.8) is 0 Å². The van der Waals surface area contributed by atoms with Gasteiger partial charge in [0.1, 0.15) is 5.82 Å². The molecule has 1 fully saturated rings. The van der Waals surface area contributed by atoms with Crippen LogP contribution in [0, 0.1) is 0 Å². The van der Waals surface area contributed by atoms with Crippen molar-refractivity contribution in [1.82, 2.24) is 15.2 Å². The molecule has 2 aromatic heterocycles. The molecule has 3 heterocycles. The molecular weight excluding hydrogens is 306 g/mol. The molecule has 5 nitrogen and oxygen atoms in total.